The van der Waals surface area contributed by atoms with E-state index in [-0.39, 0.29) is 0 Å². The second-order valence-corrected chi connectivity index (χ2v) is 6.09. The van der Waals surface area contributed by atoms with E-state index in [9.17, 15) is 0 Å². The van der Waals surface area contributed by atoms with Crippen LogP contribution in [0, 0.1) is 5.92 Å². The van der Waals surface area contributed by atoms with Crippen molar-refractivity contribution in [3.05, 3.63) is 28.5 Å². The molecule has 4 heteroatoms. The lowest BCUT2D eigenvalue weighted by atomic mass is 10.1. The minimum absolute atomic E-state index is 0.672. The Morgan fingerprint density at radius 1 is 1.41 bits per heavy atom. The molecule has 0 bridgehead atoms. The van der Waals surface area contributed by atoms with Crippen LogP contribution < -0.4 is 0 Å². The van der Waals surface area contributed by atoms with Gasteiger partial charge in [0.05, 0.1) is 5.69 Å². The highest BCUT2D eigenvalue weighted by atomic mass is 79.9. The van der Waals surface area contributed by atoms with Gasteiger partial charge in [0.25, 0.3) is 0 Å². The molecule has 1 fully saturated rings. The maximum absolute atomic E-state index is 4.43. The first-order valence-corrected chi connectivity index (χ1v) is 6.85. The first-order valence-electron chi connectivity index (χ1n) is 6.05. The summed E-state index contributed by atoms with van der Waals surface area (Å²) in [5.74, 6) is 0.737. The molecule has 2 unspecified atom stereocenters. The Morgan fingerprint density at radius 3 is 2.71 bits per heavy atom. The minimum Gasteiger partial charge on any atom is -0.305 e. The number of hydrogen-bond donors (Lipinski definition) is 0. The van der Waals surface area contributed by atoms with Crippen LogP contribution in [0.15, 0.2) is 22.8 Å². The SMILES string of the molecule is CC1CN(Cc2ccc(Br)cn2)CC1N(C)C. The fraction of sp³-hybridized carbons (Fsp3) is 0.615. The van der Waals surface area contributed by atoms with Gasteiger partial charge in [0.2, 0.25) is 0 Å². The molecule has 2 atom stereocenters. The highest BCUT2D eigenvalue weighted by Crippen LogP contribution is 2.21. The van der Waals surface area contributed by atoms with Crippen molar-refractivity contribution < 1.29 is 0 Å². The summed E-state index contributed by atoms with van der Waals surface area (Å²) in [6, 6.07) is 4.83. The number of likely N-dealkylation sites (tertiary alicyclic amines) is 1. The lowest BCUT2D eigenvalue weighted by molar-refractivity contribution is 0.249. The maximum Gasteiger partial charge on any atom is 0.0544 e. The summed E-state index contributed by atoms with van der Waals surface area (Å²) in [7, 11) is 4.34. The first kappa shape index (κ1) is 13.0. The zero-order chi connectivity index (χ0) is 12.4. The molecular weight excluding hydrogens is 278 g/mol. The normalized spacial score (nSPS) is 25.7. The monoisotopic (exact) mass is 297 g/mol. The average molecular weight is 298 g/mol. The van der Waals surface area contributed by atoms with Crippen LogP contribution in [-0.4, -0.2) is 48.0 Å². The Morgan fingerprint density at radius 2 is 2.18 bits per heavy atom. The summed E-state index contributed by atoms with van der Waals surface area (Å²) in [5.41, 5.74) is 1.15. The Kier molecular flexibility index (Phi) is 4.17. The molecule has 2 rings (SSSR count). The van der Waals surface area contributed by atoms with Gasteiger partial charge >= 0.3 is 0 Å². The number of aromatic nitrogens is 1. The quantitative estimate of drug-likeness (QED) is 0.853. The van der Waals surface area contributed by atoms with E-state index in [1.165, 1.54) is 6.54 Å². The van der Waals surface area contributed by atoms with Crippen LogP contribution in [0.3, 0.4) is 0 Å². The topological polar surface area (TPSA) is 19.4 Å². The Hall–Kier alpha value is -0.450. The Bertz CT molecular complexity index is 363. The standard InChI is InChI=1S/C13H20BrN3/c1-10-7-17(9-13(10)16(2)3)8-12-5-4-11(14)6-15-12/h4-6,10,13H,7-9H2,1-3H3. The molecule has 0 aliphatic carbocycles. The summed E-state index contributed by atoms with van der Waals surface area (Å²) in [6.45, 7) is 5.61. The molecule has 1 aliphatic heterocycles. The van der Waals surface area contributed by atoms with Crippen LogP contribution in [0.4, 0.5) is 0 Å². The molecule has 0 amide bonds. The van der Waals surface area contributed by atoms with Crippen molar-refractivity contribution in [3.63, 3.8) is 0 Å². The lowest BCUT2D eigenvalue weighted by Crippen LogP contribution is -2.34. The zero-order valence-corrected chi connectivity index (χ0v) is 12.3. The van der Waals surface area contributed by atoms with Crippen molar-refractivity contribution in [2.45, 2.75) is 19.5 Å². The van der Waals surface area contributed by atoms with Gasteiger partial charge in [0.1, 0.15) is 0 Å². The number of nitrogens with zero attached hydrogens (tertiary/aromatic N) is 3. The third kappa shape index (κ3) is 3.27. The van der Waals surface area contributed by atoms with Crippen LogP contribution in [-0.2, 0) is 6.54 Å². The van der Waals surface area contributed by atoms with E-state index in [2.05, 4.69) is 63.9 Å². The highest BCUT2D eigenvalue weighted by Gasteiger charge is 2.30. The van der Waals surface area contributed by atoms with Gasteiger partial charge in [-0.25, -0.2) is 0 Å². The second-order valence-electron chi connectivity index (χ2n) is 5.17. The van der Waals surface area contributed by atoms with Gasteiger partial charge in [-0.15, -0.1) is 0 Å². The highest BCUT2D eigenvalue weighted by molar-refractivity contribution is 9.10. The Balaban J connectivity index is 1.95. The molecule has 2 heterocycles. The van der Waals surface area contributed by atoms with Crippen molar-refractivity contribution in [2.24, 2.45) is 5.92 Å². The van der Waals surface area contributed by atoms with Crippen molar-refractivity contribution in [1.82, 2.24) is 14.8 Å². The van der Waals surface area contributed by atoms with E-state index in [4.69, 9.17) is 0 Å². The molecule has 3 nitrogen and oxygen atoms in total. The summed E-state index contributed by atoms with van der Waals surface area (Å²) >= 11 is 3.41. The van der Waals surface area contributed by atoms with Gasteiger partial charge in [-0.05, 0) is 48.1 Å². The lowest BCUT2D eigenvalue weighted by Gasteiger charge is -2.22. The molecule has 0 aromatic carbocycles. The van der Waals surface area contributed by atoms with Gasteiger partial charge in [-0.1, -0.05) is 6.92 Å². The average Bonchev–Trinajstić information content (AvgIpc) is 2.63. The van der Waals surface area contributed by atoms with E-state index in [0.717, 1.165) is 29.2 Å². The number of rotatable bonds is 3. The minimum atomic E-state index is 0.672. The number of pyridine rings is 1. The van der Waals surface area contributed by atoms with Gasteiger partial charge in [-0.3, -0.25) is 9.88 Å². The fourth-order valence-corrected chi connectivity index (χ4v) is 2.81. The van der Waals surface area contributed by atoms with Gasteiger partial charge in [-0.2, -0.15) is 0 Å². The van der Waals surface area contributed by atoms with E-state index < -0.39 is 0 Å². The van der Waals surface area contributed by atoms with Crippen LogP contribution in [0.5, 0.6) is 0 Å². The van der Waals surface area contributed by atoms with E-state index >= 15 is 0 Å². The second kappa shape index (κ2) is 5.46. The zero-order valence-electron chi connectivity index (χ0n) is 10.7. The predicted molar refractivity (Wildman–Crippen MR) is 73.9 cm³/mol. The predicted octanol–water partition coefficient (Wildman–Crippen LogP) is 2.23. The summed E-state index contributed by atoms with van der Waals surface area (Å²) < 4.78 is 1.04. The molecule has 0 saturated carbocycles. The fourth-order valence-electron chi connectivity index (χ4n) is 2.58. The number of halogens is 1. The van der Waals surface area contributed by atoms with Gasteiger partial charge in [0.15, 0.2) is 0 Å². The largest absolute Gasteiger partial charge is 0.305 e. The summed E-state index contributed by atoms with van der Waals surface area (Å²) in [6.07, 6.45) is 1.87. The molecule has 0 spiro atoms. The summed E-state index contributed by atoms with van der Waals surface area (Å²) in [5, 5.41) is 0. The van der Waals surface area contributed by atoms with E-state index in [1.807, 2.05) is 6.20 Å². The molecule has 94 valence electrons. The summed E-state index contributed by atoms with van der Waals surface area (Å²) in [4.78, 5) is 9.26. The van der Waals surface area contributed by atoms with Crippen molar-refractivity contribution in [1.29, 1.82) is 0 Å². The molecule has 1 aromatic rings. The third-order valence-corrected chi connectivity index (χ3v) is 3.95. The Labute approximate surface area is 112 Å². The smallest absolute Gasteiger partial charge is 0.0544 e. The maximum atomic E-state index is 4.43. The molecule has 0 radical (unpaired) electrons. The van der Waals surface area contributed by atoms with Crippen LogP contribution >= 0.6 is 15.9 Å². The third-order valence-electron chi connectivity index (χ3n) is 3.49. The van der Waals surface area contributed by atoms with Gasteiger partial charge in [0, 0.05) is 36.3 Å². The molecular formula is C13H20BrN3. The number of likely N-dealkylation sites (N-methyl/N-ethyl adjacent to an activating group) is 1. The molecule has 1 aliphatic rings. The van der Waals surface area contributed by atoms with E-state index in [1.54, 1.807) is 0 Å². The molecule has 1 aromatic heterocycles. The molecule has 17 heavy (non-hydrogen) atoms. The molecule has 1 saturated heterocycles. The number of hydrogen-bond acceptors (Lipinski definition) is 3. The van der Waals surface area contributed by atoms with Crippen molar-refractivity contribution in [3.8, 4) is 0 Å². The van der Waals surface area contributed by atoms with Crippen molar-refractivity contribution >= 4 is 15.9 Å². The van der Waals surface area contributed by atoms with Crippen LogP contribution in [0.1, 0.15) is 12.6 Å². The van der Waals surface area contributed by atoms with Gasteiger partial charge < -0.3 is 4.90 Å². The van der Waals surface area contributed by atoms with Crippen molar-refractivity contribution in [2.75, 3.05) is 27.2 Å². The molecule has 0 N–H and O–H groups in total. The van der Waals surface area contributed by atoms with E-state index in [0.29, 0.717) is 6.04 Å². The van der Waals surface area contributed by atoms with Crippen LogP contribution in [0.2, 0.25) is 0 Å². The first-order chi connectivity index (χ1) is 8.06. The van der Waals surface area contributed by atoms with Crippen LogP contribution in [0.25, 0.3) is 0 Å².